The number of anilines is 1. The van der Waals surface area contributed by atoms with Gasteiger partial charge in [0.2, 0.25) is 0 Å². The Morgan fingerprint density at radius 1 is 1.06 bits per heavy atom. The lowest BCUT2D eigenvalue weighted by Crippen LogP contribution is -1.91. The highest BCUT2D eigenvalue weighted by Crippen LogP contribution is 2.25. The third-order valence-corrected chi connectivity index (χ3v) is 2.88. The van der Waals surface area contributed by atoms with Gasteiger partial charge in [0, 0.05) is 17.4 Å². The lowest BCUT2D eigenvalue weighted by molar-refractivity contribution is 1.05. The molecule has 3 nitrogen and oxygen atoms in total. The molecule has 3 heteroatoms. The molecule has 1 aromatic carbocycles. The fourth-order valence-corrected chi connectivity index (χ4v) is 2.06. The van der Waals surface area contributed by atoms with E-state index in [4.69, 9.17) is 5.73 Å². The molecular weight excluding hydrogens is 210 g/mol. The van der Waals surface area contributed by atoms with Crippen molar-refractivity contribution in [2.45, 2.75) is 6.92 Å². The molecule has 0 amide bonds. The first-order valence-electron chi connectivity index (χ1n) is 5.55. The Morgan fingerprint density at radius 3 is 2.59 bits per heavy atom. The Kier molecular flexibility index (Phi) is 2.11. The van der Waals surface area contributed by atoms with E-state index in [2.05, 4.69) is 17.1 Å². The largest absolute Gasteiger partial charge is 0.398 e. The predicted molar refractivity (Wildman–Crippen MR) is 69.8 cm³/mol. The molecule has 0 aliphatic heterocycles. The van der Waals surface area contributed by atoms with Gasteiger partial charge in [0.25, 0.3) is 0 Å². The monoisotopic (exact) mass is 223 g/mol. The van der Waals surface area contributed by atoms with E-state index in [1.165, 1.54) is 0 Å². The molecule has 17 heavy (non-hydrogen) atoms. The van der Waals surface area contributed by atoms with Crippen LogP contribution in [0.5, 0.6) is 0 Å². The summed E-state index contributed by atoms with van der Waals surface area (Å²) in [5.74, 6) is 0.950. The van der Waals surface area contributed by atoms with Crippen molar-refractivity contribution in [2.75, 3.05) is 5.73 Å². The van der Waals surface area contributed by atoms with E-state index in [1.54, 1.807) is 0 Å². The van der Waals surface area contributed by atoms with Crippen molar-refractivity contribution < 1.29 is 0 Å². The van der Waals surface area contributed by atoms with E-state index in [9.17, 15) is 0 Å². The lowest BCUT2D eigenvalue weighted by Gasteiger charge is -2.00. The molecule has 0 spiro atoms. The molecule has 0 aliphatic carbocycles. The summed E-state index contributed by atoms with van der Waals surface area (Å²) < 4.78 is 2.03. The number of rotatable bonds is 1. The highest BCUT2D eigenvalue weighted by atomic mass is 15.0. The number of imidazole rings is 1. The minimum absolute atomic E-state index is 0.748. The van der Waals surface area contributed by atoms with E-state index in [1.807, 2.05) is 47.9 Å². The smallest absolute Gasteiger partial charge is 0.110 e. The number of nitrogen functional groups attached to an aromatic ring is 1. The van der Waals surface area contributed by atoms with Crippen LogP contribution in [0.15, 0.2) is 48.7 Å². The minimum atomic E-state index is 0.748. The first kappa shape index (κ1) is 9.90. The first-order valence-corrected chi connectivity index (χ1v) is 5.55. The van der Waals surface area contributed by atoms with Gasteiger partial charge in [-0.25, -0.2) is 4.98 Å². The molecule has 0 unspecified atom stereocenters. The van der Waals surface area contributed by atoms with E-state index in [0.29, 0.717) is 0 Å². The van der Waals surface area contributed by atoms with Crippen LogP contribution in [-0.4, -0.2) is 9.38 Å². The number of nitrogens with zero attached hydrogens (tertiary/aromatic N) is 2. The molecule has 0 bridgehead atoms. The molecule has 2 N–H and O–H groups in total. The van der Waals surface area contributed by atoms with Crippen LogP contribution in [0, 0.1) is 6.92 Å². The number of aromatic nitrogens is 2. The second kappa shape index (κ2) is 3.63. The van der Waals surface area contributed by atoms with Gasteiger partial charge < -0.3 is 10.1 Å². The Bertz CT molecular complexity index is 669. The predicted octanol–water partition coefficient (Wildman–Crippen LogP) is 2.89. The van der Waals surface area contributed by atoms with Crippen molar-refractivity contribution >= 4 is 11.2 Å². The van der Waals surface area contributed by atoms with Crippen molar-refractivity contribution in [3.05, 3.63) is 54.5 Å². The van der Waals surface area contributed by atoms with Crippen LogP contribution in [-0.2, 0) is 0 Å². The highest BCUT2D eigenvalue weighted by molar-refractivity contribution is 5.78. The van der Waals surface area contributed by atoms with Crippen LogP contribution in [0.3, 0.4) is 0 Å². The Balaban J connectivity index is 2.32. The van der Waals surface area contributed by atoms with Gasteiger partial charge in [-0.2, -0.15) is 0 Å². The van der Waals surface area contributed by atoms with E-state index >= 15 is 0 Å². The highest BCUT2D eigenvalue weighted by Gasteiger charge is 2.09. The third kappa shape index (κ3) is 1.56. The fourth-order valence-electron chi connectivity index (χ4n) is 2.06. The molecule has 0 radical (unpaired) electrons. The van der Waals surface area contributed by atoms with E-state index < -0.39 is 0 Å². The molecule has 0 atom stereocenters. The van der Waals surface area contributed by atoms with Gasteiger partial charge in [0.15, 0.2) is 0 Å². The summed E-state index contributed by atoms with van der Waals surface area (Å²) in [5.41, 5.74) is 9.76. The van der Waals surface area contributed by atoms with Crippen LogP contribution in [0.4, 0.5) is 5.69 Å². The fraction of sp³-hybridized carbons (Fsp3) is 0.0714. The minimum Gasteiger partial charge on any atom is -0.398 e. The maximum atomic E-state index is 5.79. The van der Waals surface area contributed by atoms with Crippen molar-refractivity contribution in [1.29, 1.82) is 0 Å². The maximum absolute atomic E-state index is 5.79. The summed E-state index contributed by atoms with van der Waals surface area (Å²) in [6.45, 7) is 1.98. The molecule has 3 rings (SSSR count). The maximum Gasteiger partial charge on any atom is 0.110 e. The van der Waals surface area contributed by atoms with Crippen LogP contribution in [0.2, 0.25) is 0 Å². The number of aryl methyl sites for hydroxylation is 1. The molecule has 0 saturated heterocycles. The van der Waals surface area contributed by atoms with E-state index in [0.717, 1.165) is 28.3 Å². The molecule has 2 aromatic heterocycles. The lowest BCUT2D eigenvalue weighted by atomic mass is 10.1. The first-order chi connectivity index (χ1) is 8.25. The summed E-state index contributed by atoms with van der Waals surface area (Å²) >= 11 is 0. The van der Waals surface area contributed by atoms with Crippen LogP contribution >= 0.6 is 0 Å². The summed E-state index contributed by atoms with van der Waals surface area (Å²) in [6, 6.07) is 14.1. The number of benzene rings is 1. The molecular formula is C14H13N3. The third-order valence-electron chi connectivity index (χ3n) is 2.88. The second-order valence-corrected chi connectivity index (χ2v) is 4.09. The zero-order valence-corrected chi connectivity index (χ0v) is 9.59. The Morgan fingerprint density at radius 2 is 1.82 bits per heavy atom. The Labute approximate surface area is 99.5 Å². The molecule has 84 valence electrons. The molecule has 3 aromatic rings. The number of nitrogens with two attached hydrogens (primary N) is 1. The number of pyridine rings is 1. The van der Waals surface area contributed by atoms with Gasteiger partial charge in [-0.05, 0) is 19.1 Å². The summed E-state index contributed by atoms with van der Waals surface area (Å²) in [4.78, 5) is 4.61. The zero-order valence-electron chi connectivity index (χ0n) is 9.59. The number of fused-ring (bicyclic) bond motifs is 1. The zero-order chi connectivity index (χ0) is 11.8. The second-order valence-electron chi connectivity index (χ2n) is 4.09. The Hall–Kier alpha value is -2.29. The topological polar surface area (TPSA) is 43.3 Å². The number of hydrogen-bond acceptors (Lipinski definition) is 2. The SMILES string of the molecule is Cc1nc(-c2ccccc2)c2ccc(N)cn12. The summed E-state index contributed by atoms with van der Waals surface area (Å²) in [5, 5.41) is 0. The summed E-state index contributed by atoms with van der Waals surface area (Å²) in [7, 11) is 0. The standard InChI is InChI=1S/C14H13N3/c1-10-16-14(11-5-3-2-4-6-11)13-8-7-12(15)9-17(10)13/h2-9H,15H2,1H3. The molecule has 2 heterocycles. The molecule has 0 saturated carbocycles. The van der Waals surface area contributed by atoms with Crippen molar-refractivity contribution in [2.24, 2.45) is 0 Å². The number of hydrogen-bond donors (Lipinski definition) is 1. The van der Waals surface area contributed by atoms with Crippen LogP contribution in [0.25, 0.3) is 16.8 Å². The average molecular weight is 223 g/mol. The van der Waals surface area contributed by atoms with Gasteiger partial charge >= 0.3 is 0 Å². The van der Waals surface area contributed by atoms with Gasteiger partial charge in [0.05, 0.1) is 11.2 Å². The van der Waals surface area contributed by atoms with Crippen LogP contribution < -0.4 is 5.73 Å². The van der Waals surface area contributed by atoms with Crippen molar-refractivity contribution in [3.8, 4) is 11.3 Å². The van der Waals surface area contributed by atoms with E-state index in [-0.39, 0.29) is 0 Å². The average Bonchev–Trinajstić information content (AvgIpc) is 2.68. The molecule has 0 aliphatic rings. The van der Waals surface area contributed by atoms with Gasteiger partial charge in [-0.1, -0.05) is 30.3 Å². The van der Waals surface area contributed by atoms with Gasteiger partial charge in [0.1, 0.15) is 5.82 Å². The van der Waals surface area contributed by atoms with Gasteiger partial charge in [-0.15, -0.1) is 0 Å². The normalized spacial score (nSPS) is 10.9. The van der Waals surface area contributed by atoms with Crippen LogP contribution in [0.1, 0.15) is 5.82 Å². The van der Waals surface area contributed by atoms with Gasteiger partial charge in [-0.3, -0.25) is 0 Å². The molecule has 0 fully saturated rings. The quantitative estimate of drug-likeness (QED) is 0.689. The van der Waals surface area contributed by atoms with Crippen molar-refractivity contribution in [3.63, 3.8) is 0 Å². The summed E-state index contributed by atoms with van der Waals surface area (Å²) in [6.07, 6.45) is 1.91. The van der Waals surface area contributed by atoms with Crippen molar-refractivity contribution in [1.82, 2.24) is 9.38 Å².